The number of nitrogens with one attached hydrogen (secondary N) is 2. The molecule has 0 spiro atoms. The van der Waals surface area contributed by atoms with Gasteiger partial charge in [0.05, 0.1) is 36.4 Å². The van der Waals surface area contributed by atoms with E-state index in [0.29, 0.717) is 31.6 Å². The number of sulfonamides is 1. The van der Waals surface area contributed by atoms with Crippen LogP contribution in [-0.4, -0.2) is 91.2 Å². The van der Waals surface area contributed by atoms with Crippen molar-refractivity contribution in [1.82, 2.24) is 19.8 Å². The number of benzene rings is 1. The van der Waals surface area contributed by atoms with E-state index >= 15 is 0 Å². The zero-order valence-electron chi connectivity index (χ0n) is 32.4. The summed E-state index contributed by atoms with van der Waals surface area (Å²) in [5.41, 5.74) is -0.758. The first-order chi connectivity index (χ1) is 25.8. The number of allylic oxidation sites excluding steroid dienone is 2. The molecule has 3 heterocycles. The van der Waals surface area contributed by atoms with Crippen molar-refractivity contribution >= 4 is 39.8 Å². The molecule has 1 aromatic carbocycles. The largest absolute Gasteiger partial charge is 0.489 e. The molecule has 2 aliphatic carbocycles. The van der Waals surface area contributed by atoms with Crippen molar-refractivity contribution in [1.29, 1.82) is 0 Å². The van der Waals surface area contributed by atoms with Gasteiger partial charge in [0, 0.05) is 24.9 Å². The minimum absolute atomic E-state index is 0.0515. The van der Waals surface area contributed by atoms with E-state index in [1.165, 1.54) is 15.9 Å². The van der Waals surface area contributed by atoms with Crippen LogP contribution < -0.4 is 14.8 Å². The average Bonchev–Trinajstić information content (AvgIpc) is 4.00. The summed E-state index contributed by atoms with van der Waals surface area (Å²) in [4.78, 5) is 72.3. The maximum atomic E-state index is 14.6. The van der Waals surface area contributed by atoms with E-state index in [0.717, 1.165) is 17.5 Å². The molecule has 2 saturated carbocycles. The van der Waals surface area contributed by atoms with E-state index in [4.69, 9.17) is 14.2 Å². The molecule has 1 saturated heterocycles. The maximum absolute atomic E-state index is 14.6. The molecular formula is C40H54N4O10S. The number of Topliss-reactive ketones (excluding diaryl/α,β-unsaturated/α-hetero) is 1. The fraction of sp³-hybridized carbons (Fsp3) is 0.625. The molecule has 4 bridgehead atoms. The quantitative estimate of drug-likeness (QED) is 0.367. The second kappa shape index (κ2) is 15.3. The smallest absolute Gasteiger partial charge is 0.410 e. The highest BCUT2D eigenvalue weighted by atomic mass is 32.2. The van der Waals surface area contributed by atoms with Crippen LogP contribution in [0.1, 0.15) is 90.7 Å². The highest BCUT2D eigenvalue weighted by Crippen LogP contribution is 2.57. The summed E-state index contributed by atoms with van der Waals surface area (Å²) < 4.78 is 45.4. The summed E-state index contributed by atoms with van der Waals surface area (Å²) in [6.07, 6.45) is 5.36. The summed E-state index contributed by atoms with van der Waals surface area (Å²) in [7, 11) is -3.88. The molecule has 5 aliphatic rings. The third-order valence-electron chi connectivity index (χ3n) is 11.4. The van der Waals surface area contributed by atoms with Crippen LogP contribution in [0.4, 0.5) is 9.59 Å². The number of carbonyl (C=O) groups excluding carboxylic acids is 5. The number of hydrogen-bond donors (Lipinski definition) is 2. The predicted octanol–water partition coefficient (Wildman–Crippen LogP) is 4.76. The van der Waals surface area contributed by atoms with Gasteiger partial charge in [-0.15, -0.1) is 6.58 Å². The third kappa shape index (κ3) is 9.02. The molecule has 5 atom stereocenters. The Morgan fingerprint density at radius 3 is 2.51 bits per heavy atom. The number of alkyl carbamates (subject to hydrolysis) is 1. The van der Waals surface area contributed by atoms with Gasteiger partial charge in [0.2, 0.25) is 21.8 Å². The number of amides is 4. The topological polar surface area (TPSA) is 178 Å². The van der Waals surface area contributed by atoms with E-state index < -0.39 is 80.0 Å². The number of cyclic esters (lactones) is 1. The zero-order valence-corrected chi connectivity index (χ0v) is 33.2. The van der Waals surface area contributed by atoms with Crippen LogP contribution in [-0.2, 0) is 47.0 Å². The van der Waals surface area contributed by atoms with Crippen molar-refractivity contribution in [3.63, 3.8) is 0 Å². The van der Waals surface area contributed by atoms with Crippen molar-refractivity contribution in [2.75, 3.05) is 19.8 Å². The molecule has 0 aromatic heterocycles. The van der Waals surface area contributed by atoms with Gasteiger partial charge in [-0.1, -0.05) is 65.0 Å². The first-order valence-corrected chi connectivity index (χ1v) is 20.7. The third-order valence-corrected chi connectivity index (χ3v) is 13.2. The maximum Gasteiger partial charge on any atom is 0.410 e. The summed E-state index contributed by atoms with van der Waals surface area (Å²) in [6.45, 7) is 13.9. The Bertz CT molecular complexity index is 1870. The van der Waals surface area contributed by atoms with Gasteiger partial charge in [0.15, 0.2) is 5.78 Å². The van der Waals surface area contributed by atoms with Crippen molar-refractivity contribution in [2.45, 2.75) is 116 Å². The molecule has 6 rings (SSSR count). The van der Waals surface area contributed by atoms with E-state index in [-0.39, 0.29) is 50.9 Å². The van der Waals surface area contributed by atoms with Crippen LogP contribution in [0.2, 0.25) is 0 Å². The number of carbonyl (C=O) groups is 5. The number of fused-ring (bicyclic) bond motifs is 3. The van der Waals surface area contributed by atoms with Crippen LogP contribution in [0.15, 0.2) is 43.0 Å². The molecule has 1 aromatic rings. The number of ketones is 1. The monoisotopic (exact) mass is 782 g/mol. The fourth-order valence-electron chi connectivity index (χ4n) is 7.72. The number of nitrogens with zero attached hydrogens (tertiary/aromatic N) is 2. The van der Waals surface area contributed by atoms with Gasteiger partial charge in [-0.05, 0) is 60.5 Å². The molecule has 15 heteroatoms. The summed E-state index contributed by atoms with van der Waals surface area (Å²) in [6, 6.07) is 3.40. The highest BCUT2D eigenvalue weighted by Gasteiger charge is 2.61. The van der Waals surface area contributed by atoms with E-state index in [9.17, 15) is 32.4 Å². The molecule has 14 nitrogen and oxygen atoms in total. The second-order valence-electron chi connectivity index (χ2n) is 17.5. The Labute approximate surface area is 323 Å². The van der Waals surface area contributed by atoms with Crippen molar-refractivity contribution in [3.8, 4) is 5.75 Å². The van der Waals surface area contributed by atoms with Gasteiger partial charge in [-0.2, -0.15) is 0 Å². The van der Waals surface area contributed by atoms with E-state index in [2.05, 4.69) is 16.6 Å². The molecular weight excluding hydrogens is 729 g/mol. The van der Waals surface area contributed by atoms with Crippen LogP contribution >= 0.6 is 0 Å². The van der Waals surface area contributed by atoms with Crippen LogP contribution in [0.5, 0.6) is 5.75 Å². The predicted molar refractivity (Wildman–Crippen MR) is 202 cm³/mol. The van der Waals surface area contributed by atoms with Crippen molar-refractivity contribution in [3.05, 3.63) is 54.1 Å². The SMILES string of the molecule is C=C[C@H]1C[C@@]1(CC(=O)C1C[C@@H]2CN1C(=O)[C@H](C(C)(C)C)NC(=O)OCC(C)(C)CC/C=C/COc1cccc3c1CN(C3)C(=O)O2)C(=O)NS(=O)(=O)C1CC1. The van der Waals surface area contributed by atoms with Gasteiger partial charge < -0.3 is 24.4 Å². The van der Waals surface area contributed by atoms with Crippen LogP contribution in [0, 0.1) is 22.2 Å². The minimum atomic E-state index is -3.88. The van der Waals surface area contributed by atoms with Crippen LogP contribution in [0.3, 0.4) is 0 Å². The summed E-state index contributed by atoms with van der Waals surface area (Å²) in [5.74, 6) is -1.61. The Balaban J connectivity index is 1.28. The fourth-order valence-corrected chi connectivity index (χ4v) is 9.10. The Hall–Kier alpha value is -4.40. The van der Waals surface area contributed by atoms with Gasteiger partial charge in [-0.25, -0.2) is 18.0 Å². The lowest BCUT2D eigenvalue weighted by atomic mass is 9.85. The molecule has 0 radical (unpaired) electrons. The first kappa shape index (κ1) is 40.3. The Morgan fingerprint density at radius 2 is 1.84 bits per heavy atom. The van der Waals surface area contributed by atoms with Gasteiger partial charge in [0.25, 0.3) is 0 Å². The number of ether oxygens (including phenoxy) is 3. The first-order valence-electron chi connectivity index (χ1n) is 19.1. The second-order valence-corrected chi connectivity index (χ2v) is 19.5. The van der Waals surface area contributed by atoms with Crippen molar-refractivity contribution in [2.24, 2.45) is 22.2 Å². The lowest BCUT2D eigenvalue weighted by Crippen LogP contribution is -2.57. The Morgan fingerprint density at radius 1 is 1.09 bits per heavy atom. The van der Waals surface area contributed by atoms with Gasteiger partial charge in [0.1, 0.15) is 24.5 Å². The zero-order chi connectivity index (χ0) is 39.9. The molecule has 300 valence electrons. The molecule has 3 aliphatic heterocycles. The van der Waals surface area contributed by atoms with Gasteiger partial charge in [-0.3, -0.25) is 24.0 Å². The standard InChI is InChI=1S/C40H54N4O10S/c1-7-26-19-40(26,35(47)42-55(50,51)28-14-15-28)20-31(45)30-18-27-22-44(30)34(46)33(38(2,3)4)41-36(48)53-24-39(5,6)16-9-8-10-17-52-32-13-11-12-25-21-43(23-29(25)32)37(49)54-27/h7-8,10-13,26-28,30,33H,1,9,14-24H2,2-6H3,(H,41,48)(H,42,47)/b10-8+/t26-,27+,30?,33+,40-/m0/s1. The molecule has 1 unspecified atom stereocenters. The number of hydrogen-bond acceptors (Lipinski definition) is 10. The number of rotatable bonds is 7. The summed E-state index contributed by atoms with van der Waals surface area (Å²) >= 11 is 0. The normalized spacial score (nSPS) is 29.4. The van der Waals surface area contributed by atoms with E-state index in [1.54, 1.807) is 20.8 Å². The summed E-state index contributed by atoms with van der Waals surface area (Å²) in [5, 5.41) is 2.11. The van der Waals surface area contributed by atoms with Crippen LogP contribution in [0.25, 0.3) is 0 Å². The lowest BCUT2D eigenvalue weighted by molar-refractivity contribution is -0.142. The average molecular weight is 783 g/mol. The molecule has 2 N–H and O–H groups in total. The Kier molecular flexibility index (Phi) is 11.2. The lowest BCUT2D eigenvalue weighted by Gasteiger charge is -2.35. The van der Waals surface area contributed by atoms with Gasteiger partial charge >= 0.3 is 12.2 Å². The molecule has 3 fully saturated rings. The minimum Gasteiger partial charge on any atom is -0.489 e. The van der Waals surface area contributed by atoms with E-state index in [1.807, 2.05) is 44.2 Å². The molecule has 55 heavy (non-hydrogen) atoms. The highest BCUT2D eigenvalue weighted by molar-refractivity contribution is 7.90. The molecule has 4 amide bonds. The van der Waals surface area contributed by atoms with Crippen molar-refractivity contribution < 1.29 is 46.6 Å².